The molecule has 1 aromatic heterocycles. The van der Waals surface area contributed by atoms with Gasteiger partial charge in [-0.3, -0.25) is 14.5 Å². The number of amides is 1. The Labute approximate surface area is 186 Å². The first-order valence-corrected chi connectivity index (χ1v) is 10.5. The maximum Gasteiger partial charge on any atom is 0.221 e. The summed E-state index contributed by atoms with van der Waals surface area (Å²) in [6.45, 7) is 2.95. The van der Waals surface area contributed by atoms with Crippen LogP contribution in [-0.2, 0) is 11.3 Å². The van der Waals surface area contributed by atoms with Crippen molar-refractivity contribution in [3.63, 3.8) is 0 Å². The number of aryl methyl sites for hydroxylation is 1. The number of rotatable bonds is 8. The zero-order valence-electron chi connectivity index (χ0n) is 17.4. The van der Waals surface area contributed by atoms with Crippen molar-refractivity contribution >= 4 is 29.7 Å². The third-order valence-electron chi connectivity index (χ3n) is 5.01. The molecule has 8 heteroatoms. The minimum absolute atomic E-state index is 0.0122. The number of benzene rings is 2. The van der Waals surface area contributed by atoms with Gasteiger partial charge in [-0.05, 0) is 44.9 Å². The van der Waals surface area contributed by atoms with Crippen LogP contribution in [0.5, 0.6) is 0 Å². The van der Waals surface area contributed by atoms with Crippen molar-refractivity contribution in [1.29, 1.82) is 0 Å². The summed E-state index contributed by atoms with van der Waals surface area (Å²) in [6.07, 6.45) is 0.301. The van der Waals surface area contributed by atoms with Gasteiger partial charge in [0.15, 0.2) is 10.6 Å². The number of hydrogen-bond acceptors (Lipinski definition) is 4. The Balaban J connectivity index is 1.64. The second-order valence-electron chi connectivity index (χ2n) is 7.43. The smallest absolute Gasteiger partial charge is 0.221 e. The molecule has 3 aromatic rings. The number of carbonyl (C=O) groups is 1. The van der Waals surface area contributed by atoms with Crippen LogP contribution in [0.15, 0.2) is 48.5 Å². The normalized spacial score (nSPS) is 12.2. The molecule has 0 aliphatic rings. The predicted molar refractivity (Wildman–Crippen MR) is 123 cm³/mol. The Morgan fingerprint density at radius 2 is 1.93 bits per heavy atom. The van der Waals surface area contributed by atoms with Crippen molar-refractivity contribution in [3.05, 3.63) is 69.5 Å². The quantitative estimate of drug-likeness (QED) is 0.507. The summed E-state index contributed by atoms with van der Waals surface area (Å²) in [5.74, 6) is 0.682. The number of nitrogens with zero attached hydrogens (tertiary/aromatic N) is 3. The fourth-order valence-electron chi connectivity index (χ4n) is 3.28. The monoisotopic (exact) mass is 443 g/mol. The van der Waals surface area contributed by atoms with Crippen LogP contribution >= 0.6 is 23.8 Å². The minimum atomic E-state index is -0.0492. The Morgan fingerprint density at radius 3 is 2.60 bits per heavy atom. The number of hydrogen-bond donors (Lipinski definition) is 2. The number of carbonyl (C=O) groups excluding carboxylic acids is 1. The molecule has 0 fully saturated rings. The zero-order valence-corrected chi connectivity index (χ0v) is 18.9. The summed E-state index contributed by atoms with van der Waals surface area (Å²) in [5, 5.41) is 10.9. The molecule has 1 amide bonds. The molecule has 158 valence electrons. The van der Waals surface area contributed by atoms with Gasteiger partial charge in [-0.2, -0.15) is 5.10 Å². The van der Waals surface area contributed by atoms with Crippen LogP contribution < -0.4 is 5.32 Å². The van der Waals surface area contributed by atoms with E-state index < -0.39 is 0 Å². The lowest BCUT2D eigenvalue weighted by Gasteiger charge is -2.26. The molecule has 30 heavy (non-hydrogen) atoms. The fourth-order valence-corrected chi connectivity index (χ4v) is 3.76. The third kappa shape index (κ3) is 5.36. The maximum atomic E-state index is 12.5. The van der Waals surface area contributed by atoms with Crippen LogP contribution in [0.2, 0.25) is 5.02 Å². The molecular formula is C22H26ClN5OS. The highest BCUT2D eigenvalue weighted by molar-refractivity contribution is 7.71. The average Bonchev–Trinajstić information content (AvgIpc) is 3.08. The van der Waals surface area contributed by atoms with Gasteiger partial charge in [0.1, 0.15) is 0 Å². The molecule has 0 saturated carbocycles. The topological polar surface area (TPSA) is 66.0 Å². The van der Waals surface area contributed by atoms with Gasteiger partial charge in [-0.1, -0.05) is 59.6 Å². The van der Waals surface area contributed by atoms with Gasteiger partial charge in [0.2, 0.25) is 5.91 Å². The summed E-state index contributed by atoms with van der Waals surface area (Å²) in [6, 6.07) is 15.7. The van der Waals surface area contributed by atoms with Gasteiger partial charge in [0, 0.05) is 30.1 Å². The molecule has 2 aromatic carbocycles. The van der Waals surface area contributed by atoms with Gasteiger partial charge in [0.05, 0.1) is 6.04 Å². The number of H-pyrrole nitrogens is 1. The average molecular weight is 444 g/mol. The first-order valence-electron chi connectivity index (χ1n) is 9.76. The number of aromatic nitrogens is 3. The molecule has 1 atom stereocenters. The predicted octanol–water partition coefficient (Wildman–Crippen LogP) is 4.38. The molecule has 0 radical (unpaired) electrons. The van der Waals surface area contributed by atoms with E-state index in [1.165, 1.54) is 5.56 Å². The van der Waals surface area contributed by atoms with Crippen molar-refractivity contribution in [2.24, 2.45) is 0 Å². The number of halogens is 1. The van der Waals surface area contributed by atoms with Crippen molar-refractivity contribution in [2.75, 3.05) is 20.6 Å². The Bertz CT molecular complexity index is 1060. The zero-order chi connectivity index (χ0) is 21.7. The lowest BCUT2D eigenvalue weighted by atomic mass is 10.1. The van der Waals surface area contributed by atoms with Crippen molar-refractivity contribution in [3.8, 4) is 11.4 Å². The second kappa shape index (κ2) is 10.0. The molecular weight excluding hydrogens is 418 g/mol. The molecule has 0 aliphatic heterocycles. The molecule has 0 spiro atoms. The highest BCUT2D eigenvalue weighted by atomic mass is 35.5. The fraction of sp³-hybridized carbons (Fsp3) is 0.318. The van der Waals surface area contributed by atoms with Crippen LogP contribution in [0.4, 0.5) is 0 Å². The first kappa shape index (κ1) is 22.2. The highest BCUT2D eigenvalue weighted by Gasteiger charge is 2.18. The van der Waals surface area contributed by atoms with Gasteiger partial charge < -0.3 is 10.2 Å². The molecule has 0 saturated heterocycles. The van der Waals surface area contributed by atoms with E-state index in [-0.39, 0.29) is 11.9 Å². The van der Waals surface area contributed by atoms with Crippen LogP contribution in [0.25, 0.3) is 11.4 Å². The van der Waals surface area contributed by atoms with Crippen molar-refractivity contribution in [2.45, 2.75) is 25.9 Å². The highest BCUT2D eigenvalue weighted by Crippen LogP contribution is 2.25. The molecule has 1 heterocycles. The largest absolute Gasteiger partial charge is 0.354 e. The van der Waals surface area contributed by atoms with E-state index in [4.69, 9.17) is 23.8 Å². The van der Waals surface area contributed by atoms with E-state index in [0.29, 0.717) is 29.3 Å². The molecule has 6 nitrogen and oxygen atoms in total. The Kier molecular flexibility index (Phi) is 7.42. The summed E-state index contributed by atoms with van der Waals surface area (Å²) in [7, 11) is 3.94. The SMILES string of the molecule is Cc1ccc(-c2n[nH]c(=S)n2CCC(=O)NC[C@@H](c2ccccc2Cl)N(C)C)cc1. The lowest BCUT2D eigenvalue weighted by molar-refractivity contribution is -0.121. The molecule has 0 aliphatic carbocycles. The van der Waals surface area contributed by atoms with Crippen molar-refractivity contribution < 1.29 is 4.79 Å². The van der Waals surface area contributed by atoms with Gasteiger partial charge >= 0.3 is 0 Å². The van der Waals surface area contributed by atoms with Crippen LogP contribution in [0, 0.1) is 11.7 Å². The van der Waals surface area contributed by atoms with Gasteiger partial charge in [0.25, 0.3) is 0 Å². The van der Waals surface area contributed by atoms with E-state index in [1.807, 2.05) is 79.0 Å². The van der Waals surface area contributed by atoms with E-state index in [0.717, 1.165) is 17.0 Å². The van der Waals surface area contributed by atoms with E-state index in [9.17, 15) is 4.79 Å². The summed E-state index contributed by atoms with van der Waals surface area (Å²) in [5.41, 5.74) is 3.12. The van der Waals surface area contributed by atoms with Gasteiger partial charge in [-0.15, -0.1) is 0 Å². The molecule has 0 bridgehead atoms. The maximum absolute atomic E-state index is 12.5. The molecule has 0 unspecified atom stereocenters. The molecule has 2 N–H and O–H groups in total. The third-order valence-corrected chi connectivity index (χ3v) is 5.67. The number of nitrogens with one attached hydrogen (secondary N) is 2. The van der Waals surface area contributed by atoms with Gasteiger partial charge in [-0.25, -0.2) is 0 Å². The molecule has 3 rings (SSSR count). The minimum Gasteiger partial charge on any atom is -0.354 e. The Morgan fingerprint density at radius 1 is 1.23 bits per heavy atom. The standard InChI is InChI=1S/C22H26ClN5OS/c1-15-8-10-16(11-9-15)21-25-26-22(30)28(21)13-12-20(29)24-14-19(27(2)3)17-6-4-5-7-18(17)23/h4-11,19H,12-14H2,1-3H3,(H,24,29)(H,26,30)/t19-/m0/s1. The van der Waals surface area contributed by atoms with E-state index >= 15 is 0 Å². The summed E-state index contributed by atoms with van der Waals surface area (Å²) < 4.78 is 2.36. The van der Waals surface area contributed by atoms with Crippen LogP contribution in [-0.4, -0.2) is 46.2 Å². The summed E-state index contributed by atoms with van der Waals surface area (Å²) in [4.78, 5) is 14.6. The lowest BCUT2D eigenvalue weighted by Crippen LogP contribution is -2.35. The second-order valence-corrected chi connectivity index (χ2v) is 8.22. The first-order chi connectivity index (χ1) is 14.4. The Hall–Kier alpha value is -2.48. The number of aromatic amines is 1. The van der Waals surface area contributed by atoms with Crippen LogP contribution in [0.3, 0.4) is 0 Å². The van der Waals surface area contributed by atoms with E-state index in [2.05, 4.69) is 15.5 Å². The number of likely N-dealkylation sites (N-methyl/N-ethyl adjacent to an activating group) is 1. The summed E-state index contributed by atoms with van der Waals surface area (Å²) >= 11 is 11.7. The van der Waals surface area contributed by atoms with Crippen LogP contribution in [0.1, 0.15) is 23.6 Å². The van der Waals surface area contributed by atoms with Crippen molar-refractivity contribution in [1.82, 2.24) is 25.0 Å². The van der Waals surface area contributed by atoms with E-state index in [1.54, 1.807) is 0 Å².